The van der Waals surface area contributed by atoms with E-state index in [1.165, 1.54) is 24.8 Å². The summed E-state index contributed by atoms with van der Waals surface area (Å²) in [6.45, 7) is 0.871. The third-order valence-electron chi connectivity index (χ3n) is 3.84. The Labute approximate surface area is 118 Å². The van der Waals surface area contributed by atoms with Crippen LogP contribution in [0.5, 0.6) is 0 Å². The molecule has 2 unspecified atom stereocenters. The third kappa shape index (κ3) is 2.99. The van der Waals surface area contributed by atoms with Crippen molar-refractivity contribution in [1.82, 2.24) is 14.9 Å². The number of imidazole rings is 1. The zero-order valence-corrected chi connectivity index (χ0v) is 11.6. The SMILES string of the molecule is Clc1cccc(CNC2CCCC2n2ccnc2)c1. The van der Waals surface area contributed by atoms with Gasteiger partial charge in [0.2, 0.25) is 0 Å². The van der Waals surface area contributed by atoms with Crippen molar-refractivity contribution in [2.45, 2.75) is 37.9 Å². The topological polar surface area (TPSA) is 29.9 Å². The molecule has 0 saturated heterocycles. The zero-order valence-electron chi connectivity index (χ0n) is 10.8. The first-order chi connectivity index (χ1) is 9.33. The van der Waals surface area contributed by atoms with Crippen molar-refractivity contribution in [1.29, 1.82) is 0 Å². The number of rotatable bonds is 4. The highest BCUT2D eigenvalue weighted by molar-refractivity contribution is 6.30. The number of halogens is 1. The van der Waals surface area contributed by atoms with E-state index >= 15 is 0 Å². The lowest BCUT2D eigenvalue weighted by Gasteiger charge is -2.22. The summed E-state index contributed by atoms with van der Waals surface area (Å²) < 4.78 is 2.22. The molecule has 1 aromatic heterocycles. The van der Waals surface area contributed by atoms with Gasteiger partial charge in [0.05, 0.1) is 6.33 Å². The Kier molecular flexibility index (Phi) is 3.85. The molecule has 1 aromatic carbocycles. The van der Waals surface area contributed by atoms with Gasteiger partial charge in [0.25, 0.3) is 0 Å². The molecule has 19 heavy (non-hydrogen) atoms. The second-order valence-corrected chi connectivity index (χ2v) is 5.56. The monoisotopic (exact) mass is 275 g/mol. The summed E-state index contributed by atoms with van der Waals surface area (Å²) in [6.07, 6.45) is 9.56. The number of nitrogens with zero attached hydrogens (tertiary/aromatic N) is 2. The molecule has 1 N–H and O–H groups in total. The maximum atomic E-state index is 6.01. The van der Waals surface area contributed by atoms with Gasteiger partial charge >= 0.3 is 0 Å². The minimum atomic E-state index is 0.521. The van der Waals surface area contributed by atoms with Crippen LogP contribution in [0.4, 0.5) is 0 Å². The molecule has 1 saturated carbocycles. The number of aromatic nitrogens is 2. The van der Waals surface area contributed by atoms with Gasteiger partial charge < -0.3 is 9.88 Å². The van der Waals surface area contributed by atoms with Gasteiger partial charge in [-0.15, -0.1) is 0 Å². The second-order valence-electron chi connectivity index (χ2n) is 5.13. The second kappa shape index (κ2) is 5.76. The largest absolute Gasteiger partial charge is 0.333 e. The van der Waals surface area contributed by atoms with Crippen LogP contribution in [-0.4, -0.2) is 15.6 Å². The minimum absolute atomic E-state index is 0.521. The van der Waals surface area contributed by atoms with Crippen molar-refractivity contribution >= 4 is 11.6 Å². The molecule has 1 aliphatic carbocycles. The summed E-state index contributed by atoms with van der Waals surface area (Å²) in [4.78, 5) is 4.15. The summed E-state index contributed by atoms with van der Waals surface area (Å²) >= 11 is 6.01. The smallest absolute Gasteiger partial charge is 0.0949 e. The molecular weight excluding hydrogens is 258 g/mol. The van der Waals surface area contributed by atoms with E-state index < -0.39 is 0 Å². The number of nitrogens with one attached hydrogen (secondary N) is 1. The Balaban J connectivity index is 1.63. The van der Waals surface area contributed by atoms with Crippen LogP contribution in [-0.2, 0) is 6.54 Å². The Morgan fingerprint density at radius 3 is 3.11 bits per heavy atom. The molecule has 0 bridgehead atoms. The van der Waals surface area contributed by atoms with E-state index in [4.69, 9.17) is 11.6 Å². The van der Waals surface area contributed by atoms with E-state index in [0.717, 1.165) is 11.6 Å². The standard InChI is InChI=1S/C15H18ClN3/c16-13-4-1-3-12(9-13)10-18-14-5-2-6-15(14)19-8-7-17-11-19/h1,3-4,7-9,11,14-15,18H,2,5-6,10H2. The molecule has 0 amide bonds. The Morgan fingerprint density at radius 1 is 1.37 bits per heavy atom. The van der Waals surface area contributed by atoms with Crippen molar-refractivity contribution < 1.29 is 0 Å². The fraction of sp³-hybridized carbons (Fsp3) is 0.400. The normalized spacial score (nSPS) is 22.8. The van der Waals surface area contributed by atoms with Gasteiger partial charge in [-0.05, 0) is 37.0 Å². The van der Waals surface area contributed by atoms with E-state index in [2.05, 4.69) is 27.1 Å². The Hall–Kier alpha value is -1.32. The summed E-state index contributed by atoms with van der Waals surface area (Å²) in [5.41, 5.74) is 1.24. The predicted molar refractivity (Wildman–Crippen MR) is 77.2 cm³/mol. The first-order valence-electron chi connectivity index (χ1n) is 6.78. The van der Waals surface area contributed by atoms with Crippen LogP contribution in [0.3, 0.4) is 0 Å². The molecular formula is C15H18ClN3. The molecule has 3 nitrogen and oxygen atoms in total. The average molecular weight is 276 g/mol. The van der Waals surface area contributed by atoms with E-state index in [9.17, 15) is 0 Å². The molecule has 0 aliphatic heterocycles. The molecule has 1 aliphatic rings. The van der Waals surface area contributed by atoms with E-state index in [1.807, 2.05) is 30.7 Å². The van der Waals surface area contributed by atoms with Crippen molar-refractivity contribution in [2.24, 2.45) is 0 Å². The first kappa shape index (κ1) is 12.7. The number of benzene rings is 1. The van der Waals surface area contributed by atoms with Crippen molar-refractivity contribution in [3.8, 4) is 0 Å². The van der Waals surface area contributed by atoms with E-state index in [0.29, 0.717) is 12.1 Å². The highest BCUT2D eigenvalue weighted by Crippen LogP contribution is 2.30. The van der Waals surface area contributed by atoms with Gasteiger partial charge in [0.15, 0.2) is 0 Å². The van der Waals surface area contributed by atoms with Gasteiger partial charge in [-0.1, -0.05) is 23.7 Å². The lowest BCUT2D eigenvalue weighted by Crippen LogP contribution is -2.33. The van der Waals surface area contributed by atoms with Crippen molar-refractivity contribution in [3.63, 3.8) is 0 Å². The van der Waals surface area contributed by atoms with Crippen LogP contribution in [0.25, 0.3) is 0 Å². The van der Waals surface area contributed by atoms with Crippen LogP contribution < -0.4 is 5.32 Å². The predicted octanol–water partition coefficient (Wildman–Crippen LogP) is 3.42. The fourth-order valence-corrected chi connectivity index (χ4v) is 3.11. The first-order valence-corrected chi connectivity index (χ1v) is 7.16. The van der Waals surface area contributed by atoms with Crippen LogP contribution in [0.15, 0.2) is 43.0 Å². The van der Waals surface area contributed by atoms with Crippen molar-refractivity contribution in [2.75, 3.05) is 0 Å². The Bertz CT molecular complexity index is 524. The maximum absolute atomic E-state index is 6.01. The van der Waals surface area contributed by atoms with Crippen LogP contribution in [0, 0.1) is 0 Å². The summed E-state index contributed by atoms with van der Waals surface area (Å²) in [7, 11) is 0. The van der Waals surface area contributed by atoms with Crippen LogP contribution >= 0.6 is 11.6 Å². The van der Waals surface area contributed by atoms with Gasteiger partial charge in [0, 0.05) is 36.0 Å². The molecule has 2 atom stereocenters. The molecule has 1 heterocycles. The van der Waals surface area contributed by atoms with E-state index in [-0.39, 0.29) is 0 Å². The zero-order chi connectivity index (χ0) is 13.1. The highest BCUT2D eigenvalue weighted by Gasteiger charge is 2.27. The van der Waals surface area contributed by atoms with E-state index in [1.54, 1.807) is 0 Å². The van der Waals surface area contributed by atoms with Gasteiger partial charge in [-0.2, -0.15) is 0 Å². The Morgan fingerprint density at radius 2 is 2.32 bits per heavy atom. The molecule has 100 valence electrons. The molecule has 0 radical (unpaired) electrons. The maximum Gasteiger partial charge on any atom is 0.0949 e. The average Bonchev–Trinajstić information content (AvgIpc) is 3.07. The van der Waals surface area contributed by atoms with Gasteiger partial charge in [-0.25, -0.2) is 4.98 Å². The van der Waals surface area contributed by atoms with Crippen molar-refractivity contribution in [3.05, 3.63) is 53.6 Å². The summed E-state index contributed by atoms with van der Waals surface area (Å²) in [5.74, 6) is 0. The van der Waals surface area contributed by atoms with Gasteiger partial charge in [-0.3, -0.25) is 0 Å². The molecule has 3 rings (SSSR count). The summed E-state index contributed by atoms with van der Waals surface area (Å²) in [5, 5.41) is 4.46. The van der Waals surface area contributed by atoms with Crippen LogP contribution in [0.1, 0.15) is 30.9 Å². The lowest BCUT2D eigenvalue weighted by atomic mass is 10.1. The minimum Gasteiger partial charge on any atom is -0.333 e. The lowest BCUT2D eigenvalue weighted by molar-refractivity contribution is 0.390. The molecule has 4 heteroatoms. The highest BCUT2D eigenvalue weighted by atomic mass is 35.5. The van der Waals surface area contributed by atoms with Gasteiger partial charge in [0.1, 0.15) is 0 Å². The van der Waals surface area contributed by atoms with Crippen LogP contribution in [0.2, 0.25) is 5.02 Å². The molecule has 0 spiro atoms. The molecule has 2 aromatic rings. The number of hydrogen-bond donors (Lipinski definition) is 1. The summed E-state index contributed by atoms with van der Waals surface area (Å²) in [6, 6.07) is 9.10. The fourth-order valence-electron chi connectivity index (χ4n) is 2.90. The number of hydrogen-bond acceptors (Lipinski definition) is 2. The third-order valence-corrected chi connectivity index (χ3v) is 4.08. The quantitative estimate of drug-likeness (QED) is 0.927. The molecule has 1 fully saturated rings.